The molecule has 158 valence electrons. The first-order valence-electron chi connectivity index (χ1n) is 10.5. The highest BCUT2D eigenvalue weighted by molar-refractivity contribution is 6.00. The van der Waals surface area contributed by atoms with E-state index in [0.717, 1.165) is 30.4 Å². The first kappa shape index (κ1) is 20.7. The molecule has 0 atom stereocenters. The Bertz CT molecular complexity index is 1130. The fraction of sp³-hybridized carbons (Fsp3) is 0.280. The molecule has 0 saturated carbocycles. The Morgan fingerprint density at radius 2 is 1.81 bits per heavy atom. The van der Waals surface area contributed by atoms with Crippen molar-refractivity contribution in [1.82, 2.24) is 4.90 Å². The molecule has 4 rings (SSSR count). The van der Waals surface area contributed by atoms with Crippen LogP contribution in [0.2, 0.25) is 0 Å². The fourth-order valence-corrected chi connectivity index (χ4v) is 3.90. The number of hydrogen-bond donors (Lipinski definition) is 1. The number of rotatable bonds is 6. The van der Waals surface area contributed by atoms with Gasteiger partial charge in [-0.05, 0) is 56.3 Å². The van der Waals surface area contributed by atoms with Crippen LogP contribution in [0.1, 0.15) is 35.2 Å². The average molecular weight is 415 g/mol. The minimum absolute atomic E-state index is 0.201. The van der Waals surface area contributed by atoms with Crippen LogP contribution in [0.5, 0.6) is 11.5 Å². The zero-order valence-corrected chi connectivity index (χ0v) is 17.3. The van der Waals surface area contributed by atoms with E-state index in [2.05, 4.69) is 11.0 Å². The molecule has 0 spiro atoms. The number of benzene rings is 3. The lowest BCUT2D eigenvalue weighted by Crippen LogP contribution is -2.33. The Labute approximate surface area is 181 Å². The number of nitrogen functional groups attached to an aromatic ring is 1. The van der Waals surface area contributed by atoms with Crippen LogP contribution < -0.4 is 15.2 Å². The summed E-state index contributed by atoms with van der Waals surface area (Å²) >= 11 is 0. The van der Waals surface area contributed by atoms with E-state index in [1.54, 1.807) is 30.3 Å². The number of likely N-dealkylation sites (tertiary alicyclic amines) is 1. The molecule has 1 fully saturated rings. The maximum absolute atomic E-state index is 12.8. The minimum Gasteiger partial charge on any atom is -0.492 e. The van der Waals surface area contributed by atoms with Gasteiger partial charge in [-0.25, -0.2) is 4.79 Å². The van der Waals surface area contributed by atoms with E-state index >= 15 is 0 Å². The SMILES string of the molecule is N#Cc1cc(OCCN2CCCCC2)ccc1C(=O)Oc1ccc(N)c2ccccc12. The number of nitrogens with two attached hydrogens (primary N) is 1. The van der Waals surface area contributed by atoms with Crippen LogP contribution in [0.25, 0.3) is 10.8 Å². The van der Waals surface area contributed by atoms with Gasteiger partial charge in [0, 0.05) is 23.0 Å². The van der Waals surface area contributed by atoms with Gasteiger partial charge >= 0.3 is 5.97 Å². The Morgan fingerprint density at radius 1 is 1.03 bits per heavy atom. The van der Waals surface area contributed by atoms with Crippen LogP contribution in [0.15, 0.2) is 54.6 Å². The molecule has 1 saturated heterocycles. The van der Waals surface area contributed by atoms with Crippen molar-refractivity contribution in [3.63, 3.8) is 0 Å². The summed E-state index contributed by atoms with van der Waals surface area (Å²) in [6.45, 7) is 3.62. The second kappa shape index (κ2) is 9.50. The molecule has 3 aromatic carbocycles. The molecule has 6 heteroatoms. The number of hydrogen-bond acceptors (Lipinski definition) is 6. The van der Waals surface area contributed by atoms with Gasteiger partial charge in [-0.1, -0.05) is 30.7 Å². The van der Waals surface area contributed by atoms with Crippen molar-refractivity contribution in [2.45, 2.75) is 19.3 Å². The molecule has 2 N–H and O–H groups in total. The Kier molecular flexibility index (Phi) is 6.34. The summed E-state index contributed by atoms with van der Waals surface area (Å²) in [6.07, 6.45) is 3.77. The van der Waals surface area contributed by atoms with Crippen molar-refractivity contribution in [2.24, 2.45) is 0 Å². The van der Waals surface area contributed by atoms with E-state index in [1.165, 1.54) is 19.3 Å². The zero-order valence-electron chi connectivity index (χ0n) is 17.3. The van der Waals surface area contributed by atoms with E-state index in [0.29, 0.717) is 23.8 Å². The van der Waals surface area contributed by atoms with Gasteiger partial charge < -0.3 is 15.2 Å². The van der Waals surface area contributed by atoms with Gasteiger partial charge in [-0.3, -0.25) is 4.90 Å². The van der Waals surface area contributed by atoms with Crippen LogP contribution in [0.3, 0.4) is 0 Å². The minimum atomic E-state index is -0.591. The summed E-state index contributed by atoms with van der Waals surface area (Å²) in [5.41, 5.74) is 7.05. The quantitative estimate of drug-likeness (QED) is 0.365. The van der Waals surface area contributed by atoms with Gasteiger partial charge in [-0.15, -0.1) is 0 Å². The van der Waals surface area contributed by atoms with Crippen molar-refractivity contribution in [3.05, 3.63) is 65.7 Å². The Morgan fingerprint density at radius 3 is 2.58 bits per heavy atom. The second-order valence-electron chi connectivity index (χ2n) is 7.66. The second-order valence-corrected chi connectivity index (χ2v) is 7.66. The van der Waals surface area contributed by atoms with Crippen LogP contribution >= 0.6 is 0 Å². The van der Waals surface area contributed by atoms with Gasteiger partial charge in [0.25, 0.3) is 0 Å². The highest BCUT2D eigenvalue weighted by Crippen LogP contribution is 2.31. The van der Waals surface area contributed by atoms with E-state index in [-0.39, 0.29) is 11.1 Å². The Balaban J connectivity index is 1.46. The molecule has 0 amide bonds. The molecule has 0 aliphatic carbocycles. The number of carbonyl (C=O) groups is 1. The zero-order chi connectivity index (χ0) is 21.6. The van der Waals surface area contributed by atoms with Crippen molar-refractivity contribution >= 4 is 22.4 Å². The molecular weight excluding hydrogens is 390 g/mol. The lowest BCUT2D eigenvalue weighted by molar-refractivity contribution is 0.0736. The monoisotopic (exact) mass is 415 g/mol. The summed E-state index contributed by atoms with van der Waals surface area (Å²) in [5, 5.41) is 11.1. The van der Waals surface area contributed by atoms with Crippen molar-refractivity contribution < 1.29 is 14.3 Å². The van der Waals surface area contributed by atoms with Crippen molar-refractivity contribution in [1.29, 1.82) is 5.26 Å². The molecular formula is C25H25N3O3. The Hall–Kier alpha value is -3.56. The number of fused-ring (bicyclic) bond motifs is 1. The normalized spacial score (nSPS) is 14.2. The van der Waals surface area contributed by atoms with Crippen molar-refractivity contribution in [2.75, 3.05) is 32.0 Å². The molecule has 31 heavy (non-hydrogen) atoms. The van der Waals surface area contributed by atoms with Crippen molar-refractivity contribution in [3.8, 4) is 17.6 Å². The number of anilines is 1. The van der Waals surface area contributed by atoms with Gasteiger partial charge in [0.05, 0.1) is 11.1 Å². The standard InChI is InChI=1S/C25H25N3O3/c26-17-18-16-19(30-15-14-28-12-4-1-5-13-28)8-9-20(18)25(29)31-24-11-10-23(27)21-6-2-3-7-22(21)24/h2-3,6-11,16H,1,4-5,12-15,27H2. The number of carbonyl (C=O) groups excluding carboxylic acids is 1. The third-order valence-corrected chi connectivity index (χ3v) is 5.58. The number of nitrogens with zero attached hydrogens (tertiary/aromatic N) is 2. The number of nitriles is 1. The third-order valence-electron chi connectivity index (χ3n) is 5.58. The third kappa shape index (κ3) is 4.79. The summed E-state index contributed by atoms with van der Waals surface area (Å²) in [4.78, 5) is 15.2. The molecule has 3 aromatic rings. The van der Waals surface area contributed by atoms with Gasteiger partial charge in [-0.2, -0.15) is 5.26 Å². The fourth-order valence-electron chi connectivity index (χ4n) is 3.90. The lowest BCUT2D eigenvalue weighted by atomic mass is 10.1. The summed E-state index contributed by atoms with van der Waals surface area (Å²) < 4.78 is 11.4. The summed E-state index contributed by atoms with van der Waals surface area (Å²) in [6, 6.07) is 17.8. The van der Waals surface area contributed by atoms with Gasteiger partial charge in [0.2, 0.25) is 0 Å². The molecule has 0 bridgehead atoms. The molecule has 0 radical (unpaired) electrons. The lowest BCUT2D eigenvalue weighted by Gasteiger charge is -2.26. The van der Waals surface area contributed by atoms with E-state index in [1.807, 2.05) is 24.3 Å². The summed E-state index contributed by atoms with van der Waals surface area (Å²) in [7, 11) is 0. The van der Waals surface area contributed by atoms with E-state index < -0.39 is 5.97 Å². The van der Waals surface area contributed by atoms with Gasteiger partial charge in [0.15, 0.2) is 0 Å². The molecule has 6 nitrogen and oxygen atoms in total. The number of ether oxygens (including phenoxy) is 2. The highest BCUT2D eigenvalue weighted by atomic mass is 16.5. The topological polar surface area (TPSA) is 88.6 Å². The average Bonchev–Trinajstić information content (AvgIpc) is 2.81. The van der Waals surface area contributed by atoms with Crippen LogP contribution in [0.4, 0.5) is 5.69 Å². The van der Waals surface area contributed by atoms with Gasteiger partial charge in [0.1, 0.15) is 24.2 Å². The maximum Gasteiger partial charge on any atom is 0.344 e. The first-order chi connectivity index (χ1) is 15.2. The number of piperidine rings is 1. The first-order valence-corrected chi connectivity index (χ1v) is 10.5. The highest BCUT2D eigenvalue weighted by Gasteiger charge is 2.17. The summed E-state index contributed by atoms with van der Waals surface area (Å²) in [5.74, 6) is 0.384. The van der Waals surface area contributed by atoms with Crippen LogP contribution in [-0.4, -0.2) is 37.1 Å². The largest absolute Gasteiger partial charge is 0.492 e. The smallest absolute Gasteiger partial charge is 0.344 e. The van der Waals surface area contributed by atoms with E-state index in [4.69, 9.17) is 15.2 Å². The molecule has 0 unspecified atom stereocenters. The van der Waals surface area contributed by atoms with Crippen LogP contribution in [-0.2, 0) is 0 Å². The number of esters is 1. The molecule has 1 aliphatic rings. The predicted molar refractivity (Wildman–Crippen MR) is 120 cm³/mol. The molecule has 0 aromatic heterocycles. The molecule has 1 heterocycles. The van der Waals surface area contributed by atoms with E-state index in [9.17, 15) is 10.1 Å². The van der Waals surface area contributed by atoms with Crippen LogP contribution in [0, 0.1) is 11.3 Å². The molecule has 1 aliphatic heterocycles. The maximum atomic E-state index is 12.8. The predicted octanol–water partition coefficient (Wildman–Crippen LogP) is 4.38.